The number of amides is 1. The Morgan fingerprint density at radius 3 is 2.27 bits per heavy atom. The van der Waals surface area contributed by atoms with Crippen LogP contribution in [0.15, 0.2) is 16.8 Å². The molecule has 4 bridgehead atoms. The zero-order chi connectivity index (χ0) is 14.7. The fraction of sp³-hybridized carbons (Fsp3) is 0.737. The summed E-state index contributed by atoms with van der Waals surface area (Å²) in [4.78, 5) is 15.8. The molecule has 1 amide bonds. The van der Waals surface area contributed by atoms with Crippen LogP contribution in [0.5, 0.6) is 0 Å². The number of carbonyl (C=O) groups is 1. The minimum Gasteiger partial charge on any atom is -0.335 e. The Hall–Kier alpha value is -0.830. The summed E-state index contributed by atoms with van der Waals surface area (Å²) in [6.45, 7) is 0.856. The van der Waals surface area contributed by atoms with E-state index in [2.05, 4.69) is 21.7 Å². The lowest BCUT2D eigenvalue weighted by molar-refractivity contribution is -0.159. The quantitative estimate of drug-likeness (QED) is 0.803. The van der Waals surface area contributed by atoms with Crippen LogP contribution in [0.2, 0.25) is 0 Å². The molecule has 1 aromatic heterocycles. The summed E-state index contributed by atoms with van der Waals surface area (Å²) < 4.78 is 0. The molecule has 0 N–H and O–H groups in total. The molecule has 2 nitrogen and oxygen atoms in total. The van der Waals surface area contributed by atoms with E-state index >= 15 is 0 Å². The van der Waals surface area contributed by atoms with Crippen molar-refractivity contribution >= 4 is 17.2 Å². The number of nitrogens with zero attached hydrogens (tertiary/aromatic N) is 1. The van der Waals surface area contributed by atoms with Crippen molar-refractivity contribution in [1.82, 2.24) is 4.90 Å². The van der Waals surface area contributed by atoms with Crippen molar-refractivity contribution in [3.05, 3.63) is 22.4 Å². The summed E-state index contributed by atoms with van der Waals surface area (Å²) in [7, 11) is 0. The Kier molecular flexibility index (Phi) is 2.99. The van der Waals surface area contributed by atoms with Crippen LogP contribution in [0.1, 0.15) is 56.9 Å². The third-order valence-electron chi connectivity index (χ3n) is 6.67. The minimum absolute atomic E-state index is 0.0351. The fourth-order valence-corrected chi connectivity index (χ4v) is 6.67. The van der Waals surface area contributed by atoms with Crippen LogP contribution in [-0.4, -0.2) is 16.8 Å². The lowest BCUT2D eigenvalue weighted by Crippen LogP contribution is -2.54. The van der Waals surface area contributed by atoms with Gasteiger partial charge < -0.3 is 4.90 Å². The molecule has 0 radical (unpaired) electrons. The van der Waals surface area contributed by atoms with Gasteiger partial charge in [0.1, 0.15) is 0 Å². The molecule has 0 saturated heterocycles. The van der Waals surface area contributed by atoms with Gasteiger partial charge in [-0.1, -0.05) is 0 Å². The molecule has 0 aliphatic heterocycles. The molecule has 5 fully saturated rings. The second kappa shape index (κ2) is 4.83. The zero-order valence-electron chi connectivity index (χ0n) is 13.2. The highest BCUT2D eigenvalue weighted by Crippen LogP contribution is 2.61. The van der Waals surface area contributed by atoms with Crippen LogP contribution < -0.4 is 0 Å². The molecule has 1 heterocycles. The van der Waals surface area contributed by atoms with Gasteiger partial charge in [-0.05, 0) is 91.5 Å². The van der Waals surface area contributed by atoms with E-state index in [0.29, 0.717) is 11.9 Å². The van der Waals surface area contributed by atoms with E-state index in [0.717, 1.165) is 24.3 Å². The van der Waals surface area contributed by atoms with Gasteiger partial charge in [-0.15, -0.1) is 0 Å². The molecule has 5 aliphatic rings. The van der Waals surface area contributed by atoms with Crippen LogP contribution in [0, 0.1) is 23.2 Å². The van der Waals surface area contributed by atoms with Crippen molar-refractivity contribution in [3.63, 3.8) is 0 Å². The largest absolute Gasteiger partial charge is 0.335 e. The summed E-state index contributed by atoms with van der Waals surface area (Å²) in [5.74, 6) is 3.10. The van der Waals surface area contributed by atoms with Gasteiger partial charge >= 0.3 is 0 Å². The molecule has 1 aromatic rings. The van der Waals surface area contributed by atoms with Gasteiger partial charge in [0.25, 0.3) is 0 Å². The van der Waals surface area contributed by atoms with Crippen LogP contribution in [0.3, 0.4) is 0 Å². The highest BCUT2D eigenvalue weighted by Gasteiger charge is 2.56. The monoisotopic (exact) mass is 315 g/mol. The minimum atomic E-state index is 0.0351. The van der Waals surface area contributed by atoms with Crippen LogP contribution in [-0.2, 0) is 11.3 Å². The van der Waals surface area contributed by atoms with Crippen molar-refractivity contribution in [2.75, 3.05) is 0 Å². The van der Waals surface area contributed by atoms with Crippen LogP contribution >= 0.6 is 11.3 Å². The number of carbonyl (C=O) groups excluding carboxylic acids is 1. The van der Waals surface area contributed by atoms with E-state index in [9.17, 15) is 4.79 Å². The Bertz CT molecular complexity index is 539. The van der Waals surface area contributed by atoms with Crippen molar-refractivity contribution in [2.45, 2.75) is 64.0 Å². The van der Waals surface area contributed by atoms with E-state index < -0.39 is 0 Å². The standard InChI is InChI=1S/C19H25NOS/c21-18(20(17-1-2-17)11-13-3-4-22-12-13)19-8-14-5-15(9-19)7-16(6-14)10-19/h3-4,12,14-17H,1-2,5-11H2. The molecule has 0 spiro atoms. The molecule has 0 aromatic carbocycles. The van der Waals surface area contributed by atoms with E-state index in [1.54, 1.807) is 11.3 Å². The molecule has 0 unspecified atom stereocenters. The van der Waals surface area contributed by atoms with E-state index in [4.69, 9.17) is 0 Å². The summed E-state index contributed by atoms with van der Waals surface area (Å²) in [5.41, 5.74) is 1.36. The molecule has 5 saturated carbocycles. The molecule has 6 rings (SSSR count). The molecular weight excluding hydrogens is 290 g/mol. The van der Waals surface area contributed by atoms with Gasteiger partial charge in [0, 0.05) is 12.6 Å². The maximum atomic E-state index is 13.5. The van der Waals surface area contributed by atoms with Gasteiger partial charge in [0.05, 0.1) is 5.41 Å². The van der Waals surface area contributed by atoms with E-state index in [1.807, 2.05) is 0 Å². The molecule has 3 heteroatoms. The first-order chi connectivity index (χ1) is 10.7. The average molecular weight is 315 g/mol. The lowest BCUT2D eigenvalue weighted by Gasteiger charge is -2.56. The topological polar surface area (TPSA) is 20.3 Å². The van der Waals surface area contributed by atoms with Gasteiger partial charge in [0.15, 0.2) is 0 Å². The average Bonchev–Trinajstić information content (AvgIpc) is 3.19. The van der Waals surface area contributed by atoms with Crippen LogP contribution in [0.25, 0.3) is 0 Å². The third kappa shape index (κ3) is 2.16. The zero-order valence-corrected chi connectivity index (χ0v) is 14.0. The first-order valence-electron chi connectivity index (χ1n) is 9.04. The first kappa shape index (κ1) is 13.6. The molecule has 118 valence electrons. The second-order valence-electron chi connectivity index (χ2n) is 8.49. The summed E-state index contributed by atoms with van der Waals surface area (Å²) in [6.07, 6.45) is 10.3. The van der Waals surface area contributed by atoms with Crippen molar-refractivity contribution in [3.8, 4) is 0 Å². The first-order valence-corrected chi connectivity index (χ1v) is 9.98. The smallest absolute Gasteiger partial charge is 0.229 e. The number of hydrogen-bond donors (Lipinski definition) is 0. The van der Waals surface area contributed by atoms with Gasteiger partial charge in [-0.2, -0.15) is 11.3 Å². The van der Waals surface area contributed by atoms with Gasteiger partial charge in [0.2, 0.25) is 5.91 Å². The van der Waals surface area contributed by atoms with Gasteiger partial charge in [-0.3, -0.25) is 4.79 Å². The SMILES string of the molecule is O=C(N(Cc1ccsc1)C1CC1)C12CC3CC(CC(C3)C1)C2. The lowest BCUT2D eigenvalue weighted by atomic mass is 9.49. The van der Waals surface area contributed by atoms with E-state index in [-0.39, 0.29) is 5.41 Å². The fourth-order valence-electron chi connectivity index (χ4n) is 6.01. The van der Waals surface area contributed by atoms with Crippen molar-refractivity contribution in [1.29, 1.82) is 0 Å². The molecule has 0 atom stereocenters. The van der Waals surface area contributed by atoms with Gasteiger partial charge in [-0.25, -0.2) is 0 Å². The second-order valence-corrected chi connectivity index (χ2v) is 9.27. The number of hydrogen-bond acceptors (Lipinski definition) is 2. The highest BCUT2D eigenvalue weighted by molar-refractivity contribution is 7.07. The van der Waals surface area contributed by atoms with Crippen molar-refractivity contribution in [2.24, 2.45) is 23.2 Å². The molecule has 22 heavy (non-hydrogen) atoms. The predicted octanol–water partition coefficient (Wildman–Crippen LogP) is 4.46. The summed E-state index contributed by atoms with van der Waals surface area (Å²) >= 11 is 1.75. The highest BCUT2D eigenvalue weighted by atomic mass is 32.1. The maximum Gasteiger partial charge on any atom is 0.229 e. The van der Waals surface area contributed by atoms with E-state index in [1.165, 1.54) is 56.9 Å². The normalized spacial score (nSPS) is 39.2. The number of rotatable bonds is 4. The molecule has 5 aliphatic carbocycles. The molecular formula is C19H25NOS. The summed E-state index contributed by atoms with van der Waals surface area (Å²) in [6, 6.07) is 2.73. The van der Waals surface area contributed by atoms with Crippen LogP contribution in [0.4, 0.5) is 0 Å². The third-order valence-corrected chi connectivity index (χ3v) is 7.41. The Labute approximate surface area is 136 Å². The number of thiophene rings is 1. The Balaban J connectivity index is 1.42. The van der Waals surface area contributed by atoms with Crippen molar-refractivity contribution < 1.29 is 4.79 Å². The summed E-state index contributed by atoms with van der Waals surface area (Å²) in [5, 5.41) is 4.35. The predicted molar refractivity (Wildman–Crippen MR) is 88.5 cm³/mol. The maximum absolute atomic E-state index is 13.5. The Morgan fingerprint density at radius 2 is 1.77 bits per heavy atom. The Morgan fingerprint density at radius 1 is 1.14 bits per heavy atom.